The third-order valence-corrected chi connectivity index (χ3v) is 4.06. The molecule has 0 radical (unpaired) electrons. The molecule has 0 aromatic rings. The smallest absolute Gasteiger partial charge is 0.229 e. The van der Waals surface area contributed by atoms with Crippen LogP contribution in [0.1, 0.15) is 39.5 Å². The van der Waals surface area contributed by atoms with Gasteiger partial charge in [-0.15, -0.1) is 0 Å². The van der Waals surface area contributed by atoms with Crippen LogP contribution in [-0.4, -0.2) is 37.0 Å². The molecule has 0 saturated carbocycles. The Kier molecular flexibility index (Phi) is 3.53. The molecular weight excluding hydrogens is 200 g/mol. The van der Waals surface area contributed by atoms with E-state index >= 15 is 0 Å². The number of rotatable bonds is 1. The van der Waals surface area contributed by atoms with Gasteiger partial charge in [-0.25, -0.2) is 0 Å². The standard InChI is InChI=1S/C13H24N2O/c1-11-5-3-8-15(9-11)12(16)13(2)6-4-7-14-10-13/h11,14H,3-10H2,1-2H3. The molecule has 0 bridgehead atoms. The maximum atomic E-state index is 12.5. The zero-order chi connectivity index (χ0) is 11.6. The van der Waals surface area contributed by atoms with E-state index in [4.69, 9.17) is 0 Å². The second-order valence-electron chi connectivity index (χ2n) is 5.84. The number of nitrogens with one attached hydrogen (secondary N) is 1. The first-order valence-electron chi connectivity index (χ1n) is 6.62. The zero-order valence-corrected chi connectivity index (χ0v) is 10.6. The van der Waals surface area contributed by atoms with E-state index in [1.165, 1.54) is 12.8 Å². The van der Waals surface area contributed by atoms with Crippen molar-refractivity contribution >= 4 is 5.91 Å². The van der Waals surface area contributed by atoms with E-state index in [2.05, 4.69) is 24.1 Å². The lowest BCUT2D eigenvalue weighted by molar-refractivity contribution is -0.144. The Morgan fingerprint density at radius 2 is 2.25 bits per heavy atom. The van der Waals surface area contributed by atoms with Gasteiger partial charge in [0.25, 0.3) is 0 Å². The summed E-state index contributed by atoms with van der Waals surface area (Å²) < 4.78 is 0. The molecule has 2 aliphatic rings. The average Bonchev–Trinajstić information content (AvgIpc) is 2.29. The first-order chi connectivity index (χ1) is 7.62. The van der Waals surface area contributed by atoms with Crippen LogP contribution in [-0.2, 0) is 4.79 Å². The van der Waals surface area contributed by atoms with Crippen LogP contribution < -0.4 is 5.32 Å². The molecule has 2 fully saturated rings. The molecule has 2 aliphatic heterocycles. The molecule has 0 aromatic carbocycles. The van der Waals surface area contributed by atoms with Gasteiger partial charge in [0.1, 0.15) is 0 Å². The summed E-state index contributed by atoms with van der Waals surface area (Å²) in [6.07, 6.45) is 4.63. The number of carbonyl (C=O) groups excluding carboxylic acids is 1. The van der Waals surface area contributed by atoms with Crippen LogP contribution in [0.2, 0.25) is 0 Å². The van der Waals surface area contributed by atoms with Crippen molar-refractivity contribution in [2.24, 2.45) is 11.3 Å². The number of carbonyl (C=O) groups is 1. The van der Waals surface area contributed by atoms with E-state index in [1.807, 2.05) is 0 Å². The summed E-state index contributed by atoms with van der Waals surface area (Å²) in [6, 6.07) is 0. The van der Waals surface area contributed by atoms with E-state index in [0.717, 1.165) is 39.0 Å². The fourth-order valence-corrected chi connectivity index (χ4v) is 2.99. The lowest BCUT2D eigenvalue weighted by atomic mass is 9.80. The van der Waals surface area contributed by atoms with Gasteiger partial charge in [0.2, 0.25) is 5.91 Å². The van der Waals surface area contributed by atoms with E-state index in [0.29, 0.717) is 11.8 Å². The van der Waals surface area contributed by atoms with Gasteiger partial charge in [-0.2, -0.15) is 0 Å². The quantitative estimate of drug-likeness (QED) is 0.734. The van der Waals surface area contributed by atoms with Crippen LogP contribution in [0.4, 0.5) is 0 Å². The first-order valence-corrected chi connectivity index (χ1v) is 6.62. The first kappa shape index (κ1) is 11.9. The molecule has 2 unspecified atom stereocenters. The summed E-state index contributed by atoms with van der Waals surface area (Å²) in [5.41, 5.74) is -0.144. The highest BCUT2D eigenvalue weighted by Crippen LogP contribution is 2.30. The number of hydrogen-bond donors (Lipinski definition) is 1. The summed E-state index contributed by atoms with van der Waals surface area (Å²) in [4.78, 5) is 14.6. The van der Waals surface area contributed by atoms with E-state index in [-0.39, 0.29) is 5.41 Å². The molecule has 2 heterocycles. The Labute approximate surface area is 98.6 Å². The van der Waals surface area contributed by atoms with Crippen LogP contribution in [0.15, 0.2) is 0 Å². The Morgan fingerprint density at radius 3 is 2.88 bits per heavy atom. The largest absolute Gasteiger partial charge is 0.342 e. The summed E-state index contributed by atoms with van der Waals surface area (Å²) in [5, 5.41) is 3.36. The van der Waals surface area contributed by atoms with Gasteiger partial charge in [-0.1, -0.05) is 6.92 Å². The number of hydrogen-bond acceptors (Lipinski definition) is 2. The van der Waals surface area contributed by atoms with Gasteiger partial charge >= 0.3 is 0 Å². The van der Waals surface area contributed by atoms with Gasteiger partial charge < -0.3 is 10.2 Å². The normalized spacial score (nSPS) is 36.1. The fraction of sp³-hybridized carbons (Fsp3) is 0.923. The average molecular weight is 224 g/mol. The van der Waals surface area contributed by atoms with Crippen LogP contribution in [0.25, 0.3) is 0 Å². The number of piperidine rings is 2. The molecule has 2 rings (SSSR count). The van der Waals surface area contributed by atoms with Gasteiger partial charge in [0.05, 0.1) is 5.41 Å². The second kappa shape index (κ2) is 4.74. The highest BCUT2D eigenvalue weighted by molar-refractivity contribution is 5.82. The molecule has 3 heteroatoms. The zero-order valence-electron chi connectivity index (χ0n) is 10.6. The molecule has 0 aliphatic carbocycles. The Bertz CT molecular complexity index is 259. The Morgan fingerprint density at radius 1 is 1.44 bits per heavy atom. The minimum absolute atomic E-state index is 0.144. The third-order valence-electron chi connectivity index (χ3n) is 4.06. The van der Waals surface area contributed by atoms with Crippen LogP contribution in [0, 0.1) is 11.3 Å². The molecule has 1 amide bonds. The molecule has 2 saturated heterocycles. The van der Waals surface area contributed by atoms with Crippen molar-refractivity contribution in [2.75, 3.05) is 26.2 Å². The van der Waals surface area contributed by atoms with Crippen LogP contribution in [0.3, 0.4) is 0 Å². The lowest BCUT2D eigenvalue weighted by Gasteiger charge is -2.40. The number of likely N-dealkylation sites (tertiary alicyclic amines) is 1. The summed E-state index contributed by atoms with van der Waals surface area (Å²) in [6.45, 7) is 8.24. The molecule has 0 aromatic heterocycles. The third kappa shape index (κ3) is 2.40. The van der Waals surface area contributed by atoms with Gasteiger partial charge in [-0.3, -0.25) is 4.79 Å². The van der Waals surface area contributed by atoms with E-state index in [9.17, 15) is 4.79 Å². The molecule has 0 spiro atoms. The summed E-state index contributed by atoms with van der Waals surface area (Å²) in [5.74, 6) is 1.06. The van der Waals surface area contributed by atoms with E-state index < -0.39 is 0 Å². The maximum absolute atomic E-state index is 12.5. The fourth-order valence-electron chi connectivity index (χ4n) is 2.99. The summed E-state index contributed by atoms with van der Waals surface area (Å²) >= 11 is 0. The molecule has 2 atom stereocenters. The van der Waals surface area contributed by atoms with Gasteiger partial charge in [-0.05, 0) is 45.1 Å². The molecule has 92 valence electrons. The minimum atomic E-state index is -0.144. The lowest BCUT2D eigenvalue weighted by Crippen LogP contribution is -2.52. The molecule has 16 heavy (non-hydrogen) atoms. The predicted molar refractivity (Wildman–Crippen MR) is 65.2 cm³/mol. The number of nitrogens with zero attached hydrogens (tertiary/aromatic N) is 1. The van der Waals surface area contributed by atoms with Crippen molar-refractivity contribution in [2.45, 2.75) is 39.5 Å². The van der Waals surface area contributed by atoms with Crippen LogP contribution in [0.5, 0.6) is 0 Å². The monoisotopic (exact) mass is 224 g/mol. The molecule has 3 nitrogen and oxygen atoms in total. The molecular formula is C13H24N2O. The van der Waals surface area contributed by atoms with Crippen molar-refractivity contribution in [3.63, 3.8) is 0 Å². The predicted octanol–water partition coefficient (Wildman–Crippen LogP) is 1.63. The highest BCUT2D eigenvalue weighted by atomic mass is 16.2. The SMILES string of the molecule is CC1CCCN(C(=O)C2(C)CCCNC2)C1. The van der Waals surface area contributed by atoms with E-state index in [1.54, 1.807) is 0 Å². The topological polar surface area (TPSA) is 32.3 Å². The minimum Gasteiger partial charge on any atom is -0.342 e. The van der Waals surface area contributed by atoms with Crippen molar-refractivity contribution in [3.8, 4) is 0 Å². The van der Waals surface area contributed by atoms with Crippen molar-refractivity contribution < 1.29 is 4.79 Å². The van der Waals surface area contributed by atoms with Crippen molar-refractivity contribution in [3.05, 3.63) is 0 Å². The van der Waals surface area contributed by atoms with Crippen molar-refractivity contribution in [1.82, 2.24) is 10.2 Å². The second-order valence-corrected chi connectivity index (χ2v) is 5.84. The van der Waals surface area contributed by atoms with Gasteiger partial charge in [0, 0.05) is 19.6 Å². The Hall–Kier alpha value is -0.570. The Balaban J connectivity index is 1.99. The van der Waals surface area contributed by atoms with Gasteiger partial charge in [0.15, 0.2) is 0 Å². The number of amides is 1. The van der Waals surface area contributed by atoms with Crippen molar-refractivity contribution in [1.29, 1.82) is 0 Å². The van der Waals surface area contributed by atoms with Crippen LogP contribution >= 0.6 is 0 Å². The summed E-state index contributed by atoms with van der Waals surface area (Å²) in [7, 11) is 0. The highest BCUT2D eigenvalue weighted by Gasteiger charge is 2.38. The maximum Gasteiger partial charge on any atom is 0.229 e. The molecule has 1 N–H and O–H groups in total.